The lowest BCUT2D eigenvalue weighted by Gasteiger charge is -2.23. The van der Waals surface area contributed by atoms with Gasteiger partial charge < -0.3 is 10.2 Å². The SMILES string of the molecule is O=C(NCCc1nccn1C(F)F)[C@H]1CCCN1c1nccs1. The van der Waals surface area contributed by atoms with Crippen LogP contribution in [0.25, 0.3) is 0 Å². The Labute approximate surface area is 136 Å². The fourth-order valence-corrected chi connectivity index (χ4v) is 3.48. The van der Waals surface area contributed by atoms with Crippen molar-refractivity contribution in [3.63, 3.8) is 0 Å². The summed E-state index contributed by atoms with van der Waals surface area (Å²) in [5.41, 5.74) is 0. The highest BCUT2D eigenvalue weighted by atomic mass is 32.1. The van der Waals surface area contributed by atoms with E-state index >= 15 is 0 Å². The second-order valence-electron chi connectivity index (χ2n) is 5.24. The molecule has 0 spiro atoms. The molecule has 1 N–H and O–H groups in total. The number of imidazole rings is 1. The molecular formula is C14H17F2N5OS. The van der Waals surface area contributed by atoms with Crippen molar-refractivity contribution in [1.29, 1.82) is 0 Å². The Balaban J connectivity index is 1.54. The maximum absolute atomic E-state index is 12.7. The van der Waals surface area contributed by atoms with E-state index < -0.39 is 6.55 Å². The number of halogens is 2. The molecule has 1 atom stereocenters. The van der Waals surface area contributed by atoms with Crippen molar-refractivity contribution in [2.75, 3.05) is 18.0 Å². The Morgan fingerprint density at radius 3 is 3.04 bits per heavy atom. The first-order valence-corrected chi connectivity index (χ1v) is 8.28. The molecule has 3 heterocycles. The Kier molecular flexibility index (Phi) is 4.85. The fraction of sp³-hybridized carbons (Fsp3) is 0.500. The summed E-state index contributed by atoms with van der Waals surface area (Å²) in [5, 5.41) is 5.54. The maximum Gasteiger partial charge on any atom is 0.319 e. The van der Waals surface area contributed by atoms with Crippen LogP contribution in [0.3, 0.4) is 0 Å². The molecule has 0 saturated carbocycles. The van der Waals surface area contributed by atoms with E-state index in [-0.39, 0.29) is 30.7 Å². The topological polar surface area (TPSA) is 63.1 Å². The minimum absolute atomic E-state index is 0.0900. The molecule has 2 aromatic rings. The van der Waals surface area contributed by atoms with Crippen LogP contribution in [-0.4, -0.2) is 39.6 Å². The normalized spacial score (nSPS) is 17.9. The van der Waals surface area contributed by atoms with Gasteiger partial charge in [0.2, 0.25) is 5.91 Å². The summed E-state index contributed by atoms with van der Waals surface area (Å²) in [6, 6.07) is -0.240. The molecule has 1 saturated heterocycles. The second-order valence-corrected chi connectivity index (χ2v) is 6.11. The molecule has 1 aliphatic heterocycles. The molecule has 0 radical (unpaired) electrons. The lowest BCUT2D eigenvalue weighted by Crippen LogP contribution is -2.44. The predicted molar refractivity (Wildman–Crippen MR) is 82.7 cm³/mol. The summed E-state index contributed by atoms with van der Waals surface area (Å²) in [6.45, 7) is -1.52. The Morgan fingerprint density at radius 2 is 2.30 bits per heavy atom. The Bertz CT molecular complexity index is 645. The molecule has 2 aromatic heterocycles. The summed E-state index contributed by atoms with van der Waals surface area (Å²) >= 11 is 1.51. The molecular weight excluding hydrogens is 324 g/mol. The van der Waals surface area contributed by atoms with Crippen molar-refractivity contribution in [3.8, 4) is 0 Å². The number of rotatable bonds is 6. The molecule has 9 heteroatoms. The zero-order valence-corrected chi connectivity index (χ0v) is 13.2. The molecule has 0 bridgehead atoms. The van der Waals surface area contributed by atoms with Crippen LogP contribution in [-0.2, 0) is 11.2 Å². The van der Waals surface area contributed by atoms with Crippen molar-refractivity contribution in [2.24, 2.45) is 0 Å². The third-order valence-electron chi connectivity index (χ3n) is 3.83. The van der Waals surface area contributed by atoms with E-state index in [4.69, 9.17) is 0 Å². The van der Waals surface area contributed by atoms with E-state index in [0.29, 0.717) is 0 Å². The molecule has 1 amide bonds. The van der Waals surface area contributed by atoms with Gasteiger partial charge in [-0.05, 0) is 12.8 Å². The van der Waals surface area contributed by atoms with Gasteiger partial charge in [0, 0.05) is 43.5 Å². The molecule has 124 valence electrons. The minimum atomic E-state index is -2.61. The highest BCUT2D eigenvalue weighted by molar-refractivity contribution is 7.13. The number of amides is 1. The summed E-state index contributed by atoms with van der Waals surface area (Å²) in [7, 11) is 0. The molecule has 3 rings (SSSR count). The average Bonchev–Trinajstić information content (AvgIpc) is 3.26. The summed E-state index contributed by atoms with van der Waals surface area (Å²) < 4.78 is 26.3. The van der Waals surface area contributed by atoms with Gasteiger partial charge in [-0.1, -0.05) is 0 Å². The lowest BCUT2D eigenvalue weighted by atomic mass is 10.2. The number of alkyl halides is 2. The fourth-order valence-electron chi connectivity index (χ4n) is 2.76. The van der Waals surface area contributed by atoms with E-state index in [9.17, 15) is 13.6 Å². The molecule has 6 nitrogen and oxygen atoms in total. The Hall–Kier alpha value is -2.03. The molecule has 0 aliphatic carbocycles. The number of carbonyl (C=O) groups excluding carboxylic acids is 1. The molecule has 0 unspecified atom stereocenters. The van der Waals surface area contributed by atoms with Crippen LogP contribution < -0.4 is 10.2 Å². The van der Waals surface area contributed by atoms with E-state index in [1.54, 1.807) is 6.20 Å². The number of hydrogen-bond acceptors (Lipinski definition) is 5. The van der Waals surface area contributed by atoms with Crippen LogP contribution >= 0.6 is 11.3 Å². The van der Waals surface area contributed by atoms with Crippen molar-refractivity contribution in [1.82, 2.24) is 19.9 Å². The van der Waals surface area contributed by atoms with E-state index in [1.165, 1.54) is 23.7 Å². The van der Waals surface area contributed by atoms with Gasteiger partial charge in [0.1, 0.15) is 11.9 Å². The number of thiazole rings is 1. The first-order chi connectivity index (χ1) is 11.2. The molecule has 1 aliphatic rings. The van der Waals surface area contributed by atoms with Gasteiger partial charge in [0.15, 0.2) is 5.13 Å². The molecule has 0 aromatic carbocycles. The quantitative estimate of drug-likeness (QED) is 0.874. The van der Waals surface area contributed by atoms with Gasteiger partial charge in [0.05, 0.1) is 0 Å². The standard InChI is InChI=1S/C14H17F2N5OS/c15-13(16)21-8-5-17-11(21)3-4-18-12(22)10-2-1-7-20(10)14-19-6-9-23-14/h5-6,8-10,13H,1-4,7H2,(H,18,22)/t10-/m1/s1. The van der Waals surface area contributed by atoms with Gasteiger partial charge in [-0.25, -0.2) is 9.97 Å². The van der Waals surface area contributed by atoms with E-state index in [0.717, 1.165) is 29.1 Å². The van der Waals surface area contributed by atoms with Crippen LogP contribution in [0.5, 0.6) is 0 Å². The summed E-state index contributed by atoms with van der Waals surface area (Å²) in [5.74, 6) is 0.177. The minimum Gasteiger partial charge on any atom is -0.354 e. The number of anilines is 1. The number of nitrogens with zero attached hydrogens (tertiary/aromatic N) is 4. The summed E-state index contributed by atoms with van der Waals surface area (Å²) in [4.78, 5) is 22.5. The largest absolute Gasteiger partial charge is 0.354 e. The maximum atomic E-state index is 12.7. The number of aromatic nitrogens is 3. The van der Waals surface area contributed by atoms with E-state index in [2.05, 4.69) is 15.3 Å². The number of hydrogen-bond donors (Lipinski definition) is 1. The van der Waals surface area contributed by atoms with Crippen molar-refractivity contribution in [2.45, 2.75) is 31.9 Å². The van der Waals surface area contributed by atoms with Crippen LogP contribution in [0.2, 0.25) is 0 Å². The second kappa shape index (κ2) is 7.03. The van der Waals surface area contributed by atoms with Gasteiger partial charge in [-0.15, -0.1) is 11.3 Å². The van der Waals surface area contributed by atoms with Gasteiger partial charge >= 0.3 is 6.55 Å². The van der Waals surface area contributed by atoms with Crippen LogP contribution in [0, 0.1) is 0 Å². The molecule has 23 heavy (non-hydrogen) atoms. The molecule has 1 fully saturated rings. The van der Waals surface area contributed by atoms with Gasteiger partial charge in [0.25, 0.3) is 0 Å². The lowest BCUT2D eigenvalue weighted by molar-refractivity contribution is -0.122. The summed E-state index contributed by atoms with van der Waals surface area (Å²) in [6.07, 6.45) is 6.28. The van der Waals surface area contributed by atoms with E-state index in [1.807, 2.05) is 10.3 Å². The van der Waals surface area contributed by atoms with Crippen molar-refractivity contribution in [3.05, 3.63) is 29.8 Å². The smallest absolute Gasteiger partial charge is 0.319 e. The number of nitrogens with one attached hydrogen (secondary N) is 1. The average molecular weight is 341 g/mol. The third-order valence-corrected chi connectivity index (χ3v) is 4.64. The first kappa shape index (κ1) is 15.9. The zero-order chi connectivity index (χ0) is 16.2. The zero-order valence-electron chi connectivity index (χ0n) is 12.4. The van der Waals surface area contributed by atoms with Crippen LogP contribution in [0.15, 0.2) is 24.0 Å². The predicted octanol–water partition coefficient (Wildman–Crippen LogP) is 2.06. The van der Waals surface area contributed by atoms with Crippen LogP contribution in [0.1, 0.15) is 25.2 Å². The Morgan fingerprint density at radius 1 is 1.43 bits per heavy atom. The number of carbonyl (C=O) groups is 1. The third kappa shape index (κ3) is 3.49. The first-order valence-electron chi connectivity index (χ1n) is 7.40. The van der Waals surface area contributed by atoms with Gasteiger partial charge in [-0.2, -0.15) is 8.78 Å². The van der Waals surface area contributed by atoms with Crippen LogP contribution in [0.4, 0.5) is 13.9 Å². The van der Waals surface area contributed by atoms with Crippen molar-refractivity contribution < 1.29 is 13.6 Å². The highest BCUT2D eigenvalue weighted by Crippen LogP contribution is 2.27. The van der Waals surface area contributed by atoms with Gasteiger partial charge in [-0.3, -0.25) is 9.36 Å². The highest BCUT2D eigenvalue weighted by Gasteiger charge is 2.31. The monoisotopic (exact) mass is 341 g/mol. The van der Waals surface area contributed by atoms with Crippen molar-refractivity contribution >= 4 is 22.4 Å².